The molecule has 16 heavy (non-hydrogen) atoms. The first-order valence-electron chi connectivity index (χ1n) is 5.44. The number of benzene rings is 1. The summed E-state index contributed by atoms with van der Waals surface area (Å²) in [5, 5.41) is 0. The molecule has 0 N–H and O–H groups in total. The predicted molar refractivity (Wildman–Crippen MR) is 65.4 cm³/mol. The number of allylic oxidation sites excluding steroid dienone is 4. The van der Waals surface area contributed by atoms with Gasteiger partial charge in [-0.1, -0.05) is 30.4 Å². The number of hydrogen-bond acceptors (Lipinski definition) is 2. The highest BCUT2D eigenvalue weighted by molar-refractivity contribution is 5.68. The van der Waals surface area contributed by atoms with E-state index in [-0.39, 0.29) is 0 Å². The van der Waals surface area contributed by atoms with Crippen molar-refractivity contribution in [1.82, 2.24) is 0 Å². The molecule has 0 fully saturated rings. The van der Waals surface area contributed by atoms with Crippen LogP contribution in [0.25, 0.3) is 0 Å². The van der Waals surface area contributed by atoms with Gasteiger partial charge in [0, 0.05) is 7.05 Å². The molecule has 0 bridgehead atoms. The minimum absolute atomic E-state index is 0.920. The molecule has 1 heterocycles. The van der Waals surface area contributed by atoms with E-state index in [4.69, 9.17) is 4.74 Å². The van der Waals surface area contributed by atoms with Crippen molar-refractivity contribution >= 4 is 5.69 Å². The number of fused-ring (bicyclic) bond motifs is 2. The summed E-state index contributed by atoms with van der Waals surface area (Å²) >= 11 is 0. The van der Waals surface area contributed by atoms with Crippen molar-refractivity contribution in [3.05, 3.63) is 60.0 Å². The second-order valence-electron chi connectivity index (χ2n) is 3.91. The van der Waals surface area contributed by atoms with E-state index in [2.05, 4.69) is 30.2 Å². The van der Waals surface area contributed by atoms with Gasteiger partial charge in [-0.2, -0.15) is 0 Å². The van der Waals surface area contributed by atoms with Gasteiger partial charge < -0.3 is 9.64 Å². The molecular weight excluding hydrogens is 198 g/mol. The molecule has 0 aromatic heterocycles. The van der Waals surface area contributed by atoms with Crippen LogP contribution in [0.1, 0.15) is 6.42 Å². The molecule has 1 aliphatic carbocycles. The van der Waals surface area contributed by atoms with Crippen molar-refractivity contribution in [3.63, 3.8) is 0 Å². The second-order valence-corrected chi connectivity index (χ2v) is 3.91. The molecule has 0 saturated carbocycles. The van der Waals surface area contributed by atoms with E-state index < -0.39 is 0 Å². The Morgan fingerprint density at radius 2 is 2.12 bits per heavy atom. The maximum absolute atomic E-state index is 5.89. The fourth-order valence-electron chi connectivity index (χ4n) is 2.06. The summed E-state index contributed by atoms with van der Waals surface area (Å²) in [5.74, 6) is 1.85. The predicted octanol–water partition coefficient (Wildman–Crippen LogP) is 3.24. The molecule has 0 atom stereocenters. The first-order valence-corrected chi connectivity index (χ1v) is 5.44. The first kappa shape index (κ1) is 9.28. The van der Waals surface area contributed by atoms with Gasteiger partial charge in [0.1, 0.15) is 0 Å². The highest BCUT2D eigenvalue weighted by Crippen LogP contribution is 2.38. The Labute approximate surface area is 95.1 Å². The minimum Gasteiger partial charge on any atom is -0.453 e. The largest absolute Gasteiger partial charge is 0.453 e. The number of ether oxygens (including phenoxy) is 1. The quantitative estimate of drug-likeness (QED) is 0.653. The van der Waals surface area contributed by atoms with Crippen LogP contribution in [-0.2, 0) is 0 Å². The third kappa shape index (κ3) is 1.34. The Kier molecular flexibility index (Phi) is 2.07. The summed E-state index contributed by atoms with van der Waals surface area (Å²) in [5.41, 5.74) is 2.26. The molecule has 1 aromatic carbocycles. The molecule has 0 spiro atoms. The fraction of sp³-hybridized carbons (Fsp3) is 0.143. The van der Waals surface area contributed by atoms with E-state index in [1.165, 1.54) is 0 Å². The standard InChI is InChI=1S/C14H13NO/c1-15-11-7-3-2-4-9-13(11)16-14-10-6-5-8-12(14)15/h2,4-10H,3H2,1H3. The molecule has 2 aliphatic rings. The Balaban J connectivity index is 2.15. The molecule has 1 aromatic rings. The Bertz CT molecular complexity index is 511. The van der Waals surface area contributed by atoms with Crippen molar-refractivity contribution in [2.24, 2.45) is 0 Å². The molecule has 0 saturated heterocycles. The van der Waals surface area contributed by atoms with Crippen LogP contribution in [0, 0.1) is 0 Å². The molecule has 80 valence electrons. The monoisotopic (exact) mass is 211 g/mol. The van der Waals surface area contributed by atoms with Crippen LogP contribution in [0.5, 0.6) is 5.75 Å². The van der Waals surface area contributed by atoms with Crippen molar-refractivity contribution in [1.29, 1.82) is 0 Å². The lowest BCUT2D eigenvalue weighted by Gasteiger charge is -2.31. The topological polar surface area (TPSA) is 12.5 Å². The second kappa shape index (κ2) is 3.56. The normalized spacial score (nSPS) is 17.7. The van der Waals surface area contributed by atoms with Crippen molar-refractivity contribution in [3.8, 4) is 5.75 Å². The van der Waals surface area contributed by atoms with Crippen LogP contribution in [0.2, 0.25) is 0 Å². The lowest BCUT2D eigenvalue weighted by Crippen LogP contribution is -2.25. The fourth-order valence-corrected chi connectivity index (χ4v) is 2.06. The van der Waals surface area contributed by atoms with Gasteiger partial charge in [-0.3, -0.25) is 0 Å². The summed E-state index contributed by atoms with van der Waals surface area (Å²) in [7, 11) is 2.08. The SMILES string of the molecule is CN1C2=CCC=CC=C2Oc2ccccc21. The van der Waals surface area contributed by atoms with Crippen LogP contribution < -0.4 is 9.64 Å². The third-order valence-electron chi connectivity index (χ3n) is 2.89. The number of hydrogen-bond donors (Lipinski definition) is 0. The maximum atomic E-state index is 5.89. The smallest absolute Gasteiger partial charge is 0.151 e. The summed E-state index contributed by atoms with van der Waals surface area (Å²) < 4.78 is 5.89. The average Bonchev–Trinajstić information content (AvgIpc) is 2.55. The molecule has 1 aliphatic heterocycles. The number of likely N-dealkylation sites (N-methyl/N-ethyl adjacent to an activating group) is 1. The van der Waals surface area contributed by atoms with Crippen molar-refractivity contribution < 1.29 is 4.74 Å². The van der Waals surface area contributed by atoms with Crippen LogP contribution in [0.3, 0.4) is 0 Å². The Morgan fingerprint density at radius 3 is 3.06 bits per heavy atom. The third-order valence-corrected chi connectivity index (χ3v) is 2.89. The van der Waals surface area contributed by atoms with E-state index in [1.54, 1.807) is 0 Å². The number of nitrogens with zero attached hydrogens (tertiary/aromatic N) is 1. The number of para-hydroxylation sites is 2. The zero-order chi connectivity index (χ0) is 11.0. The van der Waals surface area contributed by atoms with Gasteiger partial charge in [0.05, 0.1) is 11.4 Å². The summed E-state index contributed by atoms with van der Waals surface area (Å²) in [6.07, 6.45) is 9.32. The summed E-state index contributed by atoms with van der Waals surface area (Å²) in [6.45, 7) is 0. The van der Waals surface area contributed by atoms with E-state index >= 15 is 0 Å². The van der Waals surface area contributed by atoms with Gasteiger partial charge in [0.15, 0.2) is 11.5 Å². The maximum Gasteiger partial charge on any atom is 0.151 e. The van der Waals surface area contributed by atoms with Gasteiger partial charge in [0.2, 0.25) is 0 Å². The van der Waals surface area contributed by atoms with Gasteiger partial charge in [0.25, 0.3) is 0 Å². The molecule has 2 heteroatoms. The molecule has 3 rings (SSSR count). The van der Waals surface area contributed by atoms with E-state index in [0.717, 1.165) is 29.3 Å². The van der Waals surface area contributed by atoms with Crippen LogP contribution in [0.15, 0.2) is 60.0 Å². The van der Waals surface area contributed by atoms with Crippen LogP contribution >= 0.6 is 0 Å². The highest BCUT2D eigenvalue weighted by Gasteiger charge is 2.23. The lowest BCUT2D eigenvalue weighted by atomic mass is 10.2. The molecular formula is C14H13NO. The number of anilines is 1. The Hall–Kier alpha value is -1.96. The first-order chi connectivity index (χ1) is 7.86. The van der Waals surface area contributed by atoms with Crippen LogP contribution in [0.4, 0.5) is 5.69 Å². The van der Waals surface area contributed by atoms with Gasteiger partial charge in [-0.15, -0.1) is 0 Å². The molecule has 0 amide bonds. The zero-order valence-corrected chi connectivity index (χ0v) is 9.18. The van der Waals surface area contributed by atoms with Gasteiger partial charge in [-0.25, -0.2) is 0 Å². The summed E-state index contributed by atoms with van der Waals surface area (Å²) in [4.78, 5) is 2.18. The highest BCUT2D eigenvalue weighted by atomic mass is 16.5. The van der Waals surface area contributed by atoms with E-state index in [9.17, 15) is 0 Å². The Morgan fingerprint density at radius 1 is 1.25 bits per heavy atom. The zero-order valence-electron chi connectivity index (χ0n) is 9.18. The lowest BCUT2D eigenvalue weighted by molar-refractivity contribution is 0.421. The van der Waals surface area contributed by atoms with E-state index in [1.807, 2.05) is 30.4 Å². The molecule has 2 nitrogen and oxygen atoms in total. The molecule has 0 radical (unpaired) electrons. The van der Waals surface area contributed by atoms with Crippen molar-refractivity contribution in [2.45, 2.75) is 6.42 Å². The van der Waals surface area contributed by atoms with E-state index in [0.29, 0.717) is 0 Å². The summed E-state index contributed by atoms with van der Waals surface area (Å²) in [6, 6.07) is 8.10. The van der Waals surface area contributed by atoms with Gasteiger partial charge in [-0.05, 0) is 24.6 Å². The number of rotatable bonds is 0. The molecule has 0 unspecified atom stereocenters. The minimum atomic E-state index is 0.920. The van der Waals surface area contributed by atoms with Crippen molar-refractivity contribution in [2.75, 3.05) is 11.9 Å². The van der Waals surface area contributed by atoms with Gasteiger partial charge >= 0.3 is 0 Å². The van der Waals surface area contributed by atoms with Crippen LogP contribution in [-0.4, -0.2) is 7.05 Å². The average molecular weight is 211 g/mol.